The van der Waals surface area contributed by atoms with E-state index in [4.69, 9.17) is 6.42 Å². The van der Waals surface area contributed by atoms with E-state index in [0.29, 0.717) is 4.05 Å². The van der Waals surface area contributed by atoms with Crippen LogP contribution >= 0.6 is 22.6 Å². The van der Waals surface area contributed by atoms with Crippen LogP contribution in [0.2, 0.25) is 0 Å². The second-order valence-corrected chi connectivity index (χ2v) is 5.69. The van der Waals surface area contributed by atoms with Gasteiger partial charge in [0.2, 0.25) is 0 Å². The summed E-state index contributed by atoms with van der Waals surface area (Å²) < 4.78 is 1.81. The summed E-state index contributed by atoms with van der Waals surface area (Å²) in [6.45, 7) is 10.1. The number of halogens is 1. The van der Waals surface area contributed by atoms with Gasteiger partial charge in [0.05, 0.1) is 13.1 Å². The van der Waals surface area contributed by atoms with Gasteiger partial charge in [-0.25, -0.2) is 0 Å². The monoisotopic (exact) mass is 322 g/mol. The van der Waals surface area contributed by atoms with Gasteiger partial charge in [-0.2, -0.15) is 0 Å². The lowest BCUT2D eigenvalue weighted by Gasteiger charge is -2.41. The number of rotatable bonds is 8. The molecule has 0 spiro atoms. The summed E-state index contributed by atoms with van der Waals surface area (Å²) in [4.78, 5) is 0. The Bertz CT molecular complexity index is 189. The average Bonchev–Trinajstić information content (AvgIpc) is 2.19. The summed E-state index contributed by atoms with van der Waals surface area (Å²) in [5.74, 6) is 2.88. The maximum absolute atomic E-state index is 5.54. The van der Waals surface area contributed by atoms with E-state index in [-0.39, 0.29) is 0 Å². The molecule has 1 atom stereocenters. The lowest BCUT2D eigenvalue weighted by atomic mass is 10.2. The number of alkyl halides is 1. The van der Waals surface area contributed by atoms with Gasteiger partial charge in [-0.05, 0) is 47.8 Å². The second kappa shape index (κ2) is 8.41. The van der Waals surface area contributed by atoms with Gasteiger partial charge in [0.25, 0.3) is 0 Å². The molecule has 0 saturated carbocycles. The largest absolute Gasteiger partial charge is 0.303 e. The smallest absolute Gasteiger partial charge is 0.141 e. The zero-order chi connectivity index (χ0) is 11.7. The number of hydrogen-bond donors (Lipinski definition) is 0. The zero-order valence-corrected chi connectivity index (χ0v) is 12.6. The average molecular weight is 322 g/mol. The van der Waals surface area contributed by atoms with Crippen molar-refractivity contribution in [1.82, 2.24) is 0 Å². The van der Waals surface area contributed by atoms with Crippen LogP contribution in [-0.2, 0) is 0 Å². The summed E-state index contributed by atoms with van der Waals surface area (Å²) in [6.07, 6.45) is 10.5. The molecule has 0 bridgehead atoms. The van der Waals surface area contributed by atoms with Crippen LogP contribution in [-0.4, -0.2) is 28.2 Å². The molecule has 0 aliphatic carbocycles. The molecular weight excluding hydrogens is 297 g/mol. The first kappa shape index (κ1) is 15.2. The molecule has 0 radical (unpaired) electrons. The van der Waals surface area contributed by atoms with E-state index < -0.39 is 0 Å². The van der Waals surface area contributed by atoms with Gasteiger partial charge < -0.3 is 4.48 Å². The molecule has 0 fully saturated rings. The maximum Gasteiger partial charge on any atom is 0.141 e. The molecule has 0 aromatic carbocycles. The number of nitrogens with zero attached hydrogens (tertiary/aromatic N) is 1. The summed E-state index contributed by atoms with van der Waals surface area (Å²) in [5.41, 5.74) is 0. The van der Waals surface area contributed by atoms with E-state index in [9.17, 15) is 0 Å². The molecule has 2 heteroatoms. The molecule has 0 heterocycles. The van der Waals surface area contributed by atoms with Gasteiger partial charge >= 0.3 is 0 Å². The molecule has 1 nitrogen and oxygen atoms in total. The maximum atomic E-state index is 5.54. The summed E-state index contributed by atoms with van der Waals surface area (Å²) in [5, 5.41) is 0. The minimum Gasteiger partial charge on any atom is -0.303 e. The van der Waals surface area contributed by atoms with Crippen LogP contribution in [0.3, 0.4) is 0 Å². The van der Waals surface area contributed by atoms with Crippen molar-refractivity contribution in [3.05, 3.63) is 0 Å². The van der Waals surface area contributed by atoms with Crippen LogP contribution in [0.15, 0.2) is 0 Å². The van der Waals surface area contributed by atoms with Crippen molar-refractivity contribution >= 4 is 22.6 Å². The normalized spacial score (nSPS) is 13.5. The lowest BCUT2D eigenvalue weighted by molar-refractivity contribution is -0.927. The van der Waals surface area contributed by atoms with Crippen molar-refractivity contribution < 1.29 is 4.48 Å². The van der Waals surface area contributed by atoms with Crippen LogP contribution < -0.4 is 0 Å². The van der Waals surface area contributed by atoms with Crippen LogP contribution in [0.4, 0.5) is 0 Å². The van der Waals surface area contributed by atoms with Gasteiger partial charge in [0, 0.05) is 6.42 Å². The highest BCUT2D eigenvalue weighted by atomic mass is 127. The zero-order valence-electron chi connectivity index (χ0n) is 10.4. The van der Waals surface area contributed by atoms with E-state index in [2.05, 4.69) is 49.3 Å². The molecule has 0 N–H and O–H groups in total. The minimum atomic E-state index is 0.684. The highest BCUT2D eigenvalue weighted by molar-refractivity contribution is 14.1. The fourth-order valence-corrected chi connectivity index (χ4v) is 3.61. The van der Waals surface area contributed by atoms with Crippen molar-refractivity contribution in [3.63, 3.8) is 0 Å². The summed E-state index contributed by atoms with van der Waals surface area (Å²) >= 11 is 2.60. The molecule has 0 aromatic heterocycles. The van der Waals surface area contributed by atoms with E-state index in [1.54, 1.807) is 0 Å². The van der Waals surface area contributed by atoms with E-state index in [1.165, 1.54) is 38.8 Å². The standard InChI is InChI=1S/C13H25IN/c1-5-9-13(14)15(10-6-2,11-7-3)12-8-4/h2,13H,5,7-12H2,1,3-4H3/q+1. The van der Waals surface area contributed by atoms with Crippen LogP contribution in [0, 0.1) is 12.3 Å². The van der Waals surface area contributed by atoms with Crippen molar-refractivity contribution in [1.29, 1.82) is 0 Å². The number of terminal acetylenes is 1. The molecule has 0 aromatic rings. The summed E-state index contributed by atoms with van der Waals surface area (Å²) in [6, 6.07) is 0. The molecule has 0 rings (SSSR count). The number of quaternary nitrogens is 1. The Kier molecular flexibility index (Phi) is 8.55. The lowest BCUT2D eigenvalue weighted by Crippen LogP contribution is -2.54. The Hall–Kier alpha value is 0.250. The molecule has 0 amide bonds. The van der Waals surface area contributed by atoms with Crippen molar-refractivity contribution in [2.75, 3.05) is 19.6 Å². The van der Waals surface area contributed by atoms with Crippen molar-refractivity contribution in [2.45, 2.75) is 50.5 Å². The van der Waals surface area contributed by atoms with Crippen molar-refractivity contribution in [3.8, 4) is 12.3 Å². The second-order valence-electron chi connectivity index (χ2n) is 4.25. The third-order valence-electron chi connectivity index (χ3n) is 2.87. The first-order valence-corrected chi connectivity index (χ1v) is 7.34. The Morgan fingerprint density at radius 2 is 1.67 bits per heavy atom. The Labute approximate surface area is 109 Å². The molecule has 88 valence electrons. The van der Waals surface area contributed by atoms with Gasteiger partial charge in [-0.15, -0.1) is 6.42 Å². The van der Waals surface area contributed by atoms with Gasteiger partial charge in [0.15, 0.2) is 0 Å². The SMILES string of the molecule is C#CC[N+](CCC)(CCC)C(I)CCC. The quantitative estimate of drug-likeness (QED) is 0.210. The topological polar surface area (TPSA) is 0 Å². The summed E-state index contributed by atoms with van der Waals surface area (Å²) in [7, 11) is 0. The third kappa shape index (κ3) is 4.74. The molecule has 15 heavy (non-hydrogen) atoms. The molecule has 0 saturated heterocycles. The first-order chi connectivity index (χ1) is 7.16. The van der Waals surface area contributed by atoms with Crippen molar-refractivity contribution in [2.24, 2.45) is 0 Å². The minimum absolute atomic E-state index is 0.684. The highest BCUT2D eigenvalue weighted by Crippen LogP contribution is 2.25. The third-order valence-corrected chi connectivity index (χ3v) is 4.67. The number of hydrogen-bond acceptors (Lipinski definition) is 0. The molecule has 0 aliphatic rings. The van der Waals surface area contributed by atoms with Gasteiger partial charge in [-0.3, -0.25) is 0 Å². The van der Waals surface area contributed by atoms with E-state index >= 15 is 0 Å². The van der Waals surface area contributed by atoms with Gasteiger partial charge in [-0.1, -0.05) is 20.8 Å². The highest BCUT2D eigenvalue weighted by Gasteiger charge is 2.31. The van der Waals surface area contributed by atoms with Crippen LogP contribution in [0.1, 0.15) is 46.5 Å². The fourth-order valence-electron chi connectivity index (χ4n) is 2.23. The van der Waals surface area contributed by atoms with E-state index in [0.717, 1.165) is 11.0 Å². The van der Waals surface area contributed by atoms with Gasteiger partial charge in [0.1, 0.15) is 10.6 Å². The molecule has 0 aliphatic heterocycles. The Morgan fingerprint density at radius 1 is 1.13 bits per heavy atom. The Balaban J connectivity index is 4.67. The molecular formula is C13H25IN+. The molecule has 1 unspecified atom stereocenters. The first-order valence-electron chi connectivity index (χ1n) is 6.10. The fraction of sp³-hybridized carbons (Fsp3) is 0.846. The van der Waals surface area contributed by atoms with E-state index in [1.807, 2.05) is 0 Å². The predicted octanol–water partition coefficient (Wildman–Crippen LogP) is 3.82. The van der Waals surface area contributed by atoms with Crippen LogP contribution in [0.25, 0.3) is 0 Å². The van der Waals surface area contributed by atoms with Crippen LogP contribution in [0.5, 0.6) is 0 Å². The Morgan fingerprint density at radius 3 is 2.00 bits per heavy atom. The predicted molar refractivity (Wildman–Crippen MR) is 77.0 cm³/mol.